The van der Waals surface area contributed by atoms with Crippen LogP contribution in [0.4, 0.5) is 5.82 Å². The number of rotatable bonds is 5. The SMILES string of the molecule is COc1ccc(OC)c(C(=O)C2CC(=O)Nc3c2c(C)nn3-c2nc(C)cc(C)n2)c1. The summed E-state index contributed by atoms with van der Waals surface area (Å²) >= 11 is 0. The van der Waals surface area contributed by atoms with Crippen LogP contribution in [0.5, 0.6) is 11.5 Å². The number of aryl methyl sites for hydroxylation is 3. The number of ketones is 1. The highest BCUT2D eigenvalue weighted by Crippen LogP contribution is 2.39. The maximum absolute atomic E-state index is 13.6. The lowest BCUT2D eigenvalue weighted by Gasteiger charge is -2.23. The highest BCUT2D eigenvalue weighted by Gasteiger charge is 2.37. The Morgan fingerprint density at radius 1 is 1.10 bits per heavy atom. The molecule has 4 rings (SSSR count). The third kappa shape index (κ3) is 3.63. The van der Waals surface area contributed by atoms with E-state index in [4.69, 9.17) is 9.47 Å². The van der Waals surface area contributed by atoms with Gasteiger partial charge in [-0.3, -0.25) is 9.59 Å². The van der Waals surface area contributed by atoms with Crippen LogP contribution in [0, 0.1) is 20.8 Å². The van der Waals surface area contributed by atoms with Gasteiger partial charge in [0.05, 0.1) is 31.4 Å². The van der Waals surface area contributed by atoms with E-state index < -0.39 is 5.92 Å². The number of carbonyl (C=O) groups excluding carboxylic acids is 2. The first-order chi connectivity index (χ1) is 14.8. The van der Waals surface area contributed by atoms with E-state index in [0.29, 0.717) is 40.1 Å². The number of hydrogen-bond donors (Lipinski definition) is 1. The Bertz CT molecular complexity index is 1180. The van der Waals surface area contributed by atoms with Crippen LogP contribution in [-0.4, -0.2) is 45.7 Å². The molecule has 3 heterocycles. The summed E-state index contributed by atoms with van der Waals surface area (Å²) in [5, 5.41) is 7.40. The smallest absolute Gasteiger partial charge is 0.252 e. The number of amides is 1. The van der Waals surface area contributed by atoms with Crippen molar-refractivity contribution in [2.45, 2.75) is 33.1 Å². The summed E-state index contributed by atoms with van der Waals surface area (Å²) in [6.07, 6.45) is 0.00638. The zero-order valence-corrected chi connectivity index (χ0v) is 18.0. The summed E-state index contributed by atoms with van der Waals surface area (Å²) in [6.45, 7) is 5.53. The van der Waals surface area contributed by atoms with Crippen LogP contribution in [0.15, 0.2) is 24.3 Å². The molecule has 0 radical (unpaired) electrons. The van der Waals surface area contributed by atoms with Gasteiger partial charge < -0.3 is 14.8 Å². The molecule has 0 saturated carbocycles. The average molecular weight is 421 g/mol. The van der Waals surface area contributed by atoms with Crippen LogP contribution in [0.2, 0.25) is 0 Å². The van der Waals surface area contributed by atoms with Gasteiger partial charge in [-0.25, -0.2) is 9.97 Å². The second-order valence-electron chi connectivity index (χ2n) is 7.45. The van der Waals surface area contributed by atoms with Crippen molar-refractivity contribution >= 4 is 17.5 Å². The molecule has 160 valence electrons. The molecule has 3 aromatic rings. The van der Waals surface area contributed by atoms with E-state index in [1.54, 1.807) is 25.1 Å². The van der Waals surface area contributed by atoms with Crippen LogP contribution >= 0.6 is 0 Å². The highest BCUT2D eigenvalue weighted by atomic mass is 16.5. The van der Waals surface area contributed by atoms with Gasteiger partial charge in [-0.2, -0.15) is 9.78 Å². The van der Waals surface area contributed by atoms with Crippen molar-refractivity contribution in [1.82, 2.24) is 19.7 Å². The fourth-order valence-electron chi connectivity index (χ4n) is 3.91. The van der Waals surface area contributed by atoms with Crippen molar-refractivity contribution in [2.24, 2.45) is 0 Å². The van der Waals surface area contributed by atoms with Crippen LogP contribution in [-0.2, 0) is 4.79 Å². The molecule has 1 aromatic carbocycles. The number of ether oxygens (including phenoxy) is 2. The predicted octanol–water partition coefficient (Wildman–Crippen LogP) is 2.91. The third-order valence-electron chi connectivity index (χ3n) is 5.25. The molecule has 1 amide bonds. The second-order valence-corrected chi connectivity index (χ2v) is 7.45. The molecule has 1 aliphatic heterocycles. The van der Waals surface area contributed by atoms with Crippen LogP contribution in [0.25, 0.3) is 5.95 Å². The number of benzene rings is 1. The first-order valence-corrected chi connectivity index (χ1v) is 9.80. The Hall–Kier alpha value is -3.75. The molecule has 0 spiro atoms. The Morgan fingerprint density at radius 2 is 1.81 bits per heavy atom. The van der Waals surface area contributed by atoms with Gasteiger partial charge in [0.1, 0.15) is 17.3 Å². The summed E-state index contributed by atoms with van der Waals surface area (Å²) in [5.41, 5.74) is 3.18. The van der Waals surface area contributed by atoms with Gasteiger partial charge >= 0.3 is 0 Å². The normalized spacial score (nSPS) is 15.3. The lowest BCUT2D eigenvalue weighted by atomic mass is 9.85. The Labute approximate surface area is 179 Å². The first-order valence-electron chi connectivity index (χ1n) is 9.80. The maximum Gasteiger partial charge on any atom is 0.252 e. The number of anilines is 1. The number of hydrogen-bond acceptors (Lipinski definition) is 7. The average Bonchev–Trinajstić information content (AvgIpc) is 3.07. The Morgan fingerprint density at radius 3 is 2.45 bits per heavy atom. The molecule has 9 nitrogen and oxygen atoms in total. The Balaban J connectivity index is 1.85. The number of methoxy groups -OCH3 is 2. The zero-order valence-electron chi connectivity index (χ0n) is 18.0. The highest BCUT2D eigenvalue weighted by molar-refractivity contribution is 6.09. The van der Waals surface area contributed by atoms with Gasteiger partial charge in [0.2, 0.25) is 5.91 Å². The van der Waals surface area contributed by atoms with Gasteiger partial charge in [-0.05, 0) is 45.0 Å². The number of nitrogens with one attached hydrogen (secondary N) is 1. The summed E-state index contributed by atoms with van der Waals surface area (Å²) in [4.78, 5) is 35.0. The Kier molecular flexibility index (Phi) is 5.18. The number of fused-ring (bicyclic) bond motifs is 1. The molecule has 2 aromatic heterocycles. The monoisotopic (exact) mass is 421 g/mol. The maximum atomic E-state index is 13.6. The van der Waals surface area contributed by atoms with E-state index in [9.17, 15) is 9.59 Å². The molecule has 1 N–H and O–H groups in total. The third-order valence-corrected chi connectivity index (χ3v) is 5.25. The van der Waals surface area contributed by atoms with E-state index in [-0.39, 0.29) is 18.1 Å². The van der Waals surface area contributed by atoms with Crippen molar-refractivity contribution in [3.63, 3.8) is 0 Å². The molecule has 1 atom stereocenters. The molecule has 0 aliphatic carbocycles. The van der Waals surface area contributed by atoms with Gasteiger partial charge in [0, 0.05) is 23.4 Å². The van der Waals surface area contributed by atoms with Crippen LogP contribution < -0.4 is 14.8 Å². The molecule has 1 aliphatic rings. The summed E-state index contributed by atoms with van der Waals surface area (Å²) in [7, 11) is 3.03. The number of aromatic nitrogens is 4. The zero-order chi connectivity index (χ0) is 22.3. The van der Waals surface area contributed by atoms with E-state index in [1.165, 1.54) is 18.9 Å². The summed E-state index contributed by atoms with van der Waals surface area (Å²) < 4.78 is 12.1. The van der Waals surface area contributed by atoms with E-state index in [2.05, 4.69) is 20.4 Å². The molecule has 1 unspecified atom stereocenters. The molecule has 0 saturated heterocycles. The first kappa shape index (κ1) is 20.5. The summed E-state index contributed by atoms with van der Waals surface area (Å²) in [6, 6.07) is 6.87. The predicted molar refractivity (Wildman–Crippen MR) is 113 cm³/mol. The fraction of sp³-hybridized carbons (Fsp3) is 0.318. The molecule has 0 fully saturated rings. The minimum atomic E-state index is -0.718. The van der Waals surface area contributed by atoms with E-state index >= 15 is 0 Å². The van der Waals surface area contributed by atoms with Gasteiger partial charge in [-0.15, -0.1) is 0 Å². The fourth-order valence-corrected chi connectivity index (χ4v) is 3.91. The van der Waals surface area contributed by atoms with Crippen molar-refractivity contribution < 1.29 is 19.1 Å². The van der Waals surface area contributed by atoms with Crippen LogP contribution in [0.3, 0.4) is 0 Å². The van der Waals surface area contributed by atoms with Crippen molar-refractivity contribution in [3.8, 4) is 17.4 Å². The van der Waals surface area contributed by atoms with Crippen molar-refractivity contribution in [1.29, 1.82) is 0 Å². The minimum Gasteiger partial charge on any atom is -0.497 e. The van der Waals surface area contributed by atoms with Crippen LogP contribution in [0.1, 0.15) is 45.3 Å². The molecule has 0 bridgehead atoms. The standard InChI is InChI=1S/C22H23N5O4/c1-11-8-12(2)24-22(23-11)27-21-19(13(3)26-27)16(10-18(28)25-21)20(29)15-9-14(30-4)6-7-17(15)31-5/h6-9,16H,10H2,1-5H3,(H,25,28). The topological polar surface area (TPSA) is 108 Å². The number of nitrogens with zero attached hydrogens (tertiary/aromatic N) is 4. The van der Waals surface area contributed by atoms with E-state index in [1.807, 2.05) is 19.9 Å². The number of carbonyl (C=O) groups is 2. The van der Waals surface area contributed by atoms with Gasteiger partial charge in [-0.1, -0.05) is 0 Å². The number of Topliss-reactive ketones (excluding diaryl/α,β-unsaturated/α-hetero) is 1. The second kappa shape index (κ2) is 7.82. The lowest BCUT2D eigenvalue weighted by molar-refractivity contribution is -0.116. The molecular formula is C22H23N5O4. The molecule has 31 heavy (non-hydrogen) atoms. The molecular weight excluding hydrogens is 398 g/mol. The molecule has 9 heteroatoms. The van der Waals surface area contributed by atoms with Gasteiger partial charge in [0.15, 0.2) is 5.78 Å². The lowest BCUT2D eigenvalue weighted by Crippen LogP contribution is -2.29. The van der Waals surface area contributed by atoms with Gasteiger partial charge in [0.25, 0.3) is 5.95 Å². The van der Waals surface area contributed by atoms with E-state index in [0.717, 1.165) is 11.4 Å². The summed E-state index contributed by atoms with van der Waals surface area (Å²) in [5.74, 6) is 0.466. The minimum absolute atomic E-state index is 0.00638. The largest absolute Gasteiger partial charge is 0.497 e. The quantitative estimate of drug-likeness (QED) is 0.631. The van der Waals surface area contributed by atoms with Crippen molar-refractivity contribution in [3.05, 3.63) is 52.5 Å². The van der Waals surface area contributed by atoms with Crippen molar-refractivity contribution in [2.75, 3.05) is 19.5 Å².